The van der Waals surface area contributed by atoms with Crippen molar-refractivity contribution in [2.75, 3.05) is 19.8 Å². The van der Waals surface area contributed by atoms with Crippen LogP contribution in [0.2, 0.25) is 0 Å². The second-order valence-corrected chi connectivity index (χ2v) is 5.14. The molecule has 1 aromatic carbocycles. The monoisotopic (exact) mass is 261 g/mol. The molecule has 3 rings (SSSR count). The van der Waals surface area contributed by atoms with Gasteiger partial charge in [-0.1, -0.05) is 13.0 Å². The highest BCUT2D eigenvalue weighted by Gasteiger charge is 2.44. The second-order valence-electron chi connectivity index (χ2n) is 5.14. The lowest BCUT2D eigenvalue weighted by molar-refractivity contribution is -0.122. The zero-order valence-electron chi connectivity index (χ0n) is 11.1. The number of amides is 1. The van der Waals surface area contributed by atoms with Crippen molar-refractivity contribution in [1.29, 1.82) is 0 Å². The van der Waals surface area contributed by atoms with Gasteiger partial charge in [0.05, 0.1) is 0 Å². The minimum atomic E-state index is 0.133. The first kappa shape index (κ1) is 12.3. The molecule has 0 saturated heterocycles. The van der Waals surface area contributed by atoms with Crippen LogP contribution in [-0.2, 0) is 4.79 Å². The Morgan fingerprint density at radius 3 is 2.89 bits per heavy atom. The summed E-state index contributed by atoms with van der Waals surface area (Å²) in [5.74, 6) is 2.27. The van der Waals surface area contributed by atoms with Gasteiger partial charge in [0.15, 0.2) is 11.5 Å². The molecule has 2 aliphatic rings. The molecule has 1 amide bonds. The van der Waals surface area contributed by atoms with Crippen molar-refractivity contribution in [3.8, 4) is 11.5 Å². The molecule has 1 aromatic rings. The number of carbonyl (C=O) groups is 1. The molecular weight excluding hydrogens is 242 g/mol. The summed E-state index contributed by atoms with van der Waals surface area (Å²) in [6, 6.07) is 6.01. The number of hydrogen-bond acceptors (Lipinski definition) is 3. The molecule has 1 aliphatic carbocycles. The van der Waals surface area contributed by atoms with E-state index in [4.69, 9.17) is 9.47 Å². The van der Waals surface area contributed by atoms with Crippen LogP contribution in [0.1, 0.15) is 31.2 Å². The van der Waals surface area contributed by atoms with Crippen molar-refractivity contribution in [2.24, 2.45) is 5.92 Å². The predicted octanol–water partition coefficient (Wildman–Crippen LogP) is 2.09. The SMILES string of the molecule is CCCNC(=O)[C@H]1C[C@@H]1c1ccc2c(c1)OCCO2. The molecule has 0 radical (unpaired) electrons. The van der Waals surface area contributed by atoms with Crippen molar-refractivity contribution in [2.45, 2.75) is 25.7 Å². The van der Waals surface area contributed by atoms with E-state index in [0.717, 1.165) is 30.9 Å². The van der Waals surface area contributed by atoms with E-state index >= 15 is 0 Å². The van der Waals surface area contributed by atoms with E-state index in [1.165, 1.54) is 5.56 Å². The van der Waals surface area contributed by atoms with Gasteiger partial charge in [0, 0.05) is 12.5 Å². The van der Waals surface area contributed by atoms with Crippen LogP contribution in [0.3, 0.4) is 0 Å². The zero-order valence-corrected chi connectivity index (χ0v) is 11.1. The van der Waals surface area contributed by atoms with Crippen LogP contribution in [0.15, 0.2) is 18.2 Å². The van der Waals surface area contributed by atoms with Gasteiger partial charge in [0.25, 0.3) is 0 Å². The molecule has 0 bridgehead atoms. The van der Waals surface area contributed by atoms with Crippen molar-refractivity contribution < 1.29 is 14.3 Å². The Hall–Kier alpha value is -1.71. The van der Waals surface area contributed by atoms with Crippen LogP contribution >= 0.6 is 0 Å². The van der Waals surface area contributed by atoms with Crippen LogP contribution in [-0.4, -0.2) is 25.7 Å². The molecule has 2 atom stereocenters. The van der Waals surface area contributed by atoms with Gasteiger partial charge < -0.3 is 14.8 Å². The van der Waals surface area contributed by atoms with E-state index in [1.807, 2.05) is 18.2 Å². The minimum absolute atomic E-state index is 0.133. The second kappa shape index (κ2) is 5.11. The van der Waals surface area contributed by atoms with Crippen LogP contribution in [0.25, 0.3) is 0 Å². The number of hydrogen-bond donors (Lipinski definition) is 1. The molecule has 1 heterocycles. The summed E-state index contributed by atoms with van der Waals surface area (Å²) in [5.41, 5.74) is 1.18. The van der Waals surface area contributed by atoms with Gasteiger partial charge >= 0.3 is 0 Å². The number of ether oxygens (including phenoxy) is 2. The first-order chi connectivity index (χ1) is 9.29. The summed E-state index contributed by atoms with van der Waals surface area (Å²) in [6.45, 7) is 4.04. The van der Waals surface area contributed by atoms with Gasteiger partial charge in [-0.15, -0.1) is 0 Å². The van der Waals surface area contributed by atoms with Crippen molar-refractivity contribution in [3.05, 3.63) is 23.8 Å². The maximum atomic E-state index is 11.9. The third-order valence-corrected chi connectivity index (χ3v) is 3.67. The average Bonchev–Trinajstić information content (AvgIpc) is 3.24. The maximum Gasteiger partial charge on any atom is 0.223 e. The summed E-state index contributed by atoms with van der Waals surface area (Å²) >= 11 is 0. The van der Waals surface area contributed by atoms with Crippen molar-refractivity contribution in [3.63, 3.8) is 0 Å². The lowest BCUT2D eigenvalue weighted by Gasteiger charge is -2.18. The Balaban J connectivity index is 1.66. The molecule has 4 nitrogen and oxygen atoms in total. The normalized spacial score (nSPS) is 23.8. The fourth-order valence-corrected chi connectivity index (χ4v) is 2.52. The molecule has 0 aromatic heterocycles. The summed E-state index contributed by atoms with van der Waals surface area (Å²) in [6.07, 6.45) is 1.92. The smallest absolute Gasteiger partial charge is 0.223 e. The van der Waals surface area contributed by atoms with Gasteiger partial charge in [-0.25, -0.2) is 0 Å². The quantitative estimate of drug-likeness (QED) is 0.902. The Bertz CT molecular complexity index is 486. The lowest BCUT2D eigenvalue weighted by atomic mass is 10.1. The highest BCUT2D eigenvalue weighted by Crippen LogP contribution is 2.49. The Kier molecular flexibility index (Phi) is 3.32. The Labute approximate surface area is 113 Å². The first-order valence-electron chi connectivity index (χ1n) is 6.97. The highest BCUT2D eigenvalue weighted by molar-refractivity contribution is 5.82. The molecule has 0 spiro atoms. The molecule has 1 fully saturated rings. The van der Waals surface area contributed by atoms with Gasteiger partial charge in [0.2, 0.25) is 5.91 Å². The fourth-order valence-electron chi connectivity index (χ4n) is 2.52. The standard InChI is InChI=1S/C15H19NO3/c1-2-5-16-15(17)12-9-11(12)10-3-4-13-14(8-10)19-7-6-18-13/h3-4,8,11-12H,2,5-7,9H2,1H3,(H,16,17)/t11-,12+/m1/s1. The van der Waals surface area contributed by atoms with Crippen molar-refractivity contribution >= 4 is 5.91 Å². The number of carbonyl (C=O) groups excluding carboxylic acids is 1. The van der Waals surface area contributed by atoms with E-state index < -0.39 is 0 Å². The molecule has 1 saturated carbocycles. The molecular formula is C15H19NO3. The first-order valence-corrected chi connectivity index (χ1v) is 6.97. The number of nitrogens with one attached hydrogen (secondary N) is 1. The van der Waals surface area contributed by atoms with Gasteiger partial charge in [0.1, 0.15) is 13.2 Å². The van der Waals surface area contributed by atoms with E-state index in [2.05, 4.69) is 12.2 Å². The molecule has 0 unspecified atom stereocenters. The lowest BCUT2D eigenvalue weighted by Crippen LogP contribution is -2.25. The minimum Gasteiger partial charge on any atom is -0.486 e. The molecule has 1 aliphatic heterocycles. The van der Waals surface area contributed by atoms with Crippen LogP contribution in [0.5, 0.6) is 11.5 Å². The molecule has 19 heavy (non-hydrogen) atoms. The van der Waals surface area contributed by atoms with Crippen molar-refractivity contribution in [1.82, 2.24) is 5.32 Å². The topological polar surface area (TPSA) is 47.6 Å². The Morgan fingerprint density at radius 1 is 1.32 bits per heavy atom. The summed E-state index contributed by atoms with van der Waals surface area (Å²) in [4.78, 5) is 11.9. The van der Waals surface area contributed by atoms with Crippen LogP contribution in [0, 0.1) is 5.92 Å². The summed E-state index contributed by atoms with van der Waals surface area (Å²) in [5, 5.41) is 2.96. The number of benzene rings is 1. The molecule has 102 valence electrons. The molecule has 1 N–H and O–H groups in total. The van der Waals surface area contributed by atoms with Crippen LogP contribution < -0.4 is 14.8 Å². The van der Waals surface area contributed by atoms with Gasteiger partial charge in [-0.2, -0.15) is 0 Å². The third kappa shape index (κ3) is 2.53. The predicted molar refractivity (Wildman–Crippen MR) is 71.6 cm³/mol. The summed E-state index contributed by atoms with van der Waals surface area (Å²) < 4.78 is 11.1. The number of fused-ring (bicyclic) bond motifs is 1. The fraction of sp³-hybridized carbons (Fsp3) is 0.533. The van der Waals surface area contributed by atoms with E-state index in [-0.39, 0.29) is 11.8 Å². The largest absolute Gasteiger partial charge is 0.486 e. The van der Waals surface area contributed by atoms with E-state index in [9.17, 15) is 4.79 Å². The molecule has 4 heteroatoms. The highest BCUT2D eigenvalue weighted by atomic mass is 16.6. The van der Waals surface area contributed by atoms with Crippen LogP contribution in [0.4, 0.5) is 0 Å². The van der Waals surface area contributed by atoms with Gasteiger partial charge in [-0.05, 0) is 36.5 Å². The van der Waals surface area contributed by atoms with E-state index in [1.54, 1.807) is 0 Å². The zero-order chi connectivity index (χ0) is 13.2. The Morgan fingerprint density at radius 2 is 2.11 bits per heavy atom. The maximum absolute atomic E-state index is 11.9. The summed E-state index contributed by atoms with van der Waals surface area (Å²) in [7, 11) is 0. The third-order valence-electron chi connectivity index (χ3n) is 3.67. The average molecular weight is 261 g/mol. The van der Waals surface area contributed by atoms with Gasteiger partial charge in [-0.3, -0.25) is 4.79 Å². The van der Waals surface area contributed by atoms with E-state index in [0.29, 0.717) is 19.1 Å². The number of rotatable bonds is 4.